The van der Waals surface area contributed by atoms with Gasteiger partial charge in [-0.25, -0.2) is 9.13 Å². The third-order valence-corrected chi connectivity index (χ3v) is 9.74. The molecule has 0 aromatic rings. The van der Waals surface area contributed by atoms with E-state index in [0.29, 0.717) is 19.3 Å². The molecule has 56 heavy (non-hydrogen) atoms. The van der Waals surface area contributed by atoms with Crippen LogP contribution in [0.5, 0.6) is 0 Å². The van der Waals surface area contributed by atoms with Crippen molar-refractivity contribution in [1.82, 2.24) is 0 Å². The van der Waals surface area contributed by atoms with Crippen LogP contribution in [0.4, 0.5) is 0 Å². The average molecular weight is 839 g/mol. The summed E-state index contributed by atoms with van der Waals surface area (Å²) in [6, 6.07) is 0. The second-order valence-corrected chi connectivity index (χ2v) is 16.9. The normalized spacial score (nSPS) is 15.3. The van der Waals surface area contributed by atoms with Gasteiger partial charge in [0.15, 0.2) is 6.10 Å². The maximum Gasteiger partial charge on any atom is 0.472 e. The minimum atomic E-state index is -4.87. The molecule has 16 heteroatoms. The van der Waals surface area contributed by atoms with E-state index in [-0.39, 0.29) is 18.9 Å². The fourth-order valence-electron chi connectivity index (χ4n) is 5.03. The number of phosphoric ester groups is 2. The first-order chi connectivity index (χ1) is 26.6. The van der Waals surface area contributed by atoms with Crippen molar-refractivity contribution in [1.29, 1.82) is 0 Å². The Morgan fingerprint density at radius 3 is 1.64 bits per heavy atom. The Balaban J connectivity index is 4.67. The van der Waals surface area contributed by atoms with Gasteiger partial charge in [-0.2, -0.15) is 0 Å². The van der Waals surface area contributed by atoms with Gasteiger partial charge in [0.2, 0.25) is 0 Å². The fraction of sp³-hybridized carbons (Fsp3) is 0.750. The molecule has 1 unspecified atom stereocenters. The Morgan fingerprint density at radius 2 is 1.07 bits per heavy atom. The lowest BCUT2D eigenvalue weighted by Crippen LogP contribution is -2.29. The lowest BCUT2D eigenvalue weighted by atomic mass is 10.0. The molecule has 0 aliphatic rings. The Bertz CT molecular complexity index is 1210. The van der Waals surface area contributed by atoms with Crippen LogP contribution in [0.25, 0.3) is 0 Å². The minimum Gasteiger partial charge on any atom is -0.462 e. The molecular weight excluding hydrogens is 766 g/mol. The molecule has 5 N–H and O–H groups in total. The minimum absolute atomic E-state index is 0.0415. The molecular formula is C40H72O14P2. The molecule has 0 saturated carbocycles. The number of carbonyl (C=O) groups is 2. The Hall–Kier alpha value is -1.96. The van der Waals surface area contributed by atoms with Crippen molar-refractivity contribution >= 4 is 27.6 Å². The average Bonchev–Trinajstić information content (AvgIpc) is 3.14. The van der Waals surface area contributed by atoms with Crippen LogP contribution in [-0.2, 0) is 41.8 Å². The summed E-state index contributed by atoms with van der Waals surface area (Å²) in [5.41, 5.74) is 0. The summed E-state index contributed by atoms with van der Waals surface area (Å²) in [5, 5.41) is 19.3. The van der Waals surface area contributed by atoms with Crippen molar-refractivity contribution in [3.63, 3.8) is 0 Å². The molecule has 0 bridgehead atoms. The van der Waals surface area contributed by atoms with Crippen LogP contribution in [0.3, 0.4) is 0 Å². The molecule has 0 amide bonds. The topological polar surface area (TPSA) is 216 Å². The van der Waals surface area contributed by atoms with Crippen LogP contribution in [0, 0.1) is 5.92 Å². The van der Waals surface area contributed by atoms with E-state index in [1.807, 2.05) is 19.1 Å². The number of ether oxygens (including phenoxy) is 2. The highest BCUT2D eigenvalue weighted by atomic mass is 31.2. The number of carbonyl (C=O) groups excluding carboxylic acids is 2. The molecule has 0 spiro atoms. The lowest BCUT2D eigenvalue weighted by molar-refractivity contribution is -0.161. The largest absolute Gasteiger partial charge is 0.472 e. The zero-order valence-corrected chi connectivity index (χ0v) is 35.8. The number of allylic oxidation sites excluding steroid dienone is 8. The van der Waals surface area contributed by atoms with E-state index in [0.717, 1.165) is 63.7 Å². The molecule has 0 aromatic heterocycles. The predicted octanol–water partition coefficient (Wildman–Crippen LogP) is 8.72. The zero-order chi connectivity index (χ0) is 41.9. The van der Waals surface area contributed by atoms with Crippen LogP contribution in [0.1, 0.15) is 143 Å². The van der Waals surface area contributed by atoms with Crippen LogP contribution in [0.15, 0.2) is 48.6 Å². The number of phosphoric acid groups is 2. The fourth-order valence-corrected chi connectivity index (χ4v) is 6.19. The van der Waals surface area contributed by atoms with E-state index in [1.165, 1.54) is 32.1 Å². The first-order valence-corrected chi connectivity index (χ1v) is 23.3. The molecule has 0 radical (unpaired) electrons. The predicted molar refractivity (Wildman–Crippen MR) is 217 cm³/mol. The Kier molecular flexibility index (Phi) is 33.8. The van der Waals surface area contributed by atoms with Gasteiger partial charge in [-0.05, 0) is 63.7 Å². The summed E-state index contributed by atoms with van der Waals surface area (Å²) in [4.78, 5) is 52.5. The zero-order valence-electron chi connectivity index (χ0n) is 34.0. The number of aliphatic hydroxyl groups excluding tert-OH is 2. The third kappa shape index (κ3) is 38.9. The molecule has 0 heterocycles. The van der Waals surface area contributed by atoms with E-state index in [9.17, 15) is 33.8 Å². The molecule has 0 fully saturated rings. The quantitative estimate of drug-likeness (QED) is 0.0171. The van der Waals surface area contributed by atoms with Crippen molar-refractivity contribution < 1.29 is 66.7 Å². The smallest absolute Gasteiger partial charge is 0.462 e. The second kappa shape index (κ2) is 35.0. The number of rotatable bonds is 37. The lowest BCUT2D eigenvalue weighted by Gasteiger charge is -2.20. The first kappa shape index (κ1) is 54.0. The molecule has 326 valence electrons. The highest BCUT2D eigenvalue weighted by Crippen LogP contribution is 2.43. The van der Waals surface area contributed by atoms with Crippen LogP contribution >= 0.6 is 15.6 Å². The second-order valence-electron chi connectivity index (χ2n) is 14.2. The van der Waals surface area contributed by atoms with Gasteiger partial charge in [0.05, 0.1) is 25.9 Å². The van der Waals surface area contributed by atoms with Gasteiger partial charge >= 0.3 is 27.6 Å². The van der Waals surface area contributed by atoms with E-state index in [1.54, 1.807) is 0 Å². The van der Waals surface area contributed by atoms with Crippen molar-refractivity contribution in [2.24, 2.45) is 5.92 Å². The van der Waals surface area contributed by atoms with Gasteiger partial charge in [-0.15, -0.1) is 0 Å². The number of aliphatic hydroxyl groups is 2. The molecule has 4 atom stereocenters. The highest BCUT2D eigenvalue weighted by Gasteiger charge is 2.28. The van der Waals surface area contributed by atoms with Gasteiger partial charge < -0.3 is 34.4 Å². The van der Waals surface area contributed by atoms with Gasteiger partial charge in [-0.1, -0.05) is 121 Å². The van der Waals surface area contributed by atoms with Gasteiger partial charge in [-0.3, -0.25) is 23.2 Å². The maximum absolute atomic E-state index is 12.6. The van der Waals surface area contributed by atoms with Crippen LogP contribution < -0.4 is 0 Å². The van der Waals surface area contributed by atoms with Crippen molar-refractivity contribution in [3.8, 4) is 0 Å². The van der Waals surface area contributed by atoms with E-state index >= 15 is 0 Å². The van der Waals surface area contributed by atoms with Crippen LogP contribution in [-0.4, -0.2) is 81.6 Å². The van der Waals surface area contributed by atoms with E-state index < -0.39 is 66.2 Å². The summed E-state index contributed by atoms with van der Waals surface area (Å²) < 4.78 is 47.6. The molecule has 14 nitrogen and oxygen atoms in total. The van der Waals surface area contributed by atoms with Gasteiger partial charge in [0.25, 0.3) is 0 Å². The Morgan fingerprint density at radius 1 is 0.571 bits per heavy atom. The monoisotopic (exact) mass is 838 g/mol. The molecule has 0 aromatic carbocycles. The number of unbranched alkanes of at least 4 members (excludes halogenated alkanes) is 8. The summed E-state index contributed by atoms with van der Waals surface area (Å²) in [6.07, 6.45) is 29.4. The SMILES string of the molecule is CC[C@@H](O)CC/C=C\C/C=C\C/C=C\C/C=C\CCCC(=O)O[C@H](COC(=O)CCCCCCCCCCC(C)C)COP(=O)(O)OC[C@@H](O)COP(=O)(O)O. The number of hydrogen-bond donors (Lipinski definition) is 5. The van der Waals surface area contributed by atoms with Crippen molar-refractivity contribution in [2.45, 2.75) is 161 Å². The molecule has 0 saturated heterocycles. The van der Waals surface area contributed by atoms with E-state index in [4.69, 9.17) is 23.8 Å². The summed E-state index contributed by atoms with van der Waals surface area (Å²) in [5.74, 6) is -0.384. The molecule has 0 aliphatic heterocycles. The van der Waals surface area contributed by atoms with Crippen molar-refractivity contribution in [3.05, 3.63) is 48.6 Å². The maximum atomic E-state index is 12.6. The Labute approximate surface area is 335 Å². The number of esters is 2. The summed E-state index contributed by atoms with van der Waals surface area (Å²) in [7, 11) is -9.70. The summed E-state index contributed by atoms with van der Waals surface area (Å²) in [6.45, 7) is 3.64. The molecule has 0 aliphatic carbocycles. The number of hydrogen-bond acceptors (Lipinski definition) is 11. The van der Waals surface area contributed by atoms with Crippen molar-refractivity contribution in [2.75, 3.05) is 26.4 Å². The standard InChI is InChI=1S/C40H72O14P2/c1-4-36(41)28-24-20-16-11-9-7-5-6-8-10-12-18-22-26-30-40(44)54-38(34-53-56(48,49)52-32-37(42)31-51-55(45,46)47)33-50-39(43)29-25-21-17-14-13-15-19-23-27-35(2)3/h6-9,12,16,18,20,35-38,41-42H,4-5,10-11,13-15,17,19,21-34H2,1-3H3,(H,48,49)(H2,45,46,47)/b8-6-,9-7-,18-12-,20-16-/t36-,37+,38-/m1/s1. The van der Waals surface area contributed by atoms with Gasteiger partial charge in [0, 0.05) is 12.8 Å². The first-order valence-electron chi connectivity index (χ1n) is 20.3. The third-order valence-electron chi connectivity index (χ3n) is 8.30. The summed E-state index contributed by atoms with van der Waals surface area (Å²) >= 11 is 0. The highest BCUT2D eigenvalue weighted by molar-refractivity contribution is 7.47. The van der Waals surface area contributed by atoms with E-state index in [2.05, 4.69) is 59.4 Å². The molecule has 0 rings (SSSR count). The van der Waals surface area contributed by atoms with Gasteiger partial charge in [0.1, 0.15) is 12.7 Å². The van der Waals surface area contributed by atoms with Crippen LogP contribution in [0.2, 0.25) is 0 Å².